The van der Waals surface area contributed by atoms with Crippen molar-refractivity contribution >= 4 is 22.9 Å². The van der Waals surface area contributed by atoms with Gasteiger partial charge in [0.05, 0.1) is 5.02 Å². The molecule has 0 saturated heterocycles. The van der Waals surface area contributed by atoms with E-state index in [1.54, 1.807) is 11.3 Å². The van der Waals surface area contributed by atoms with Crippen LogP contribution in [0.3, 0.4) is 0 Å². The van der Waals surface area contributed by atoms with Crippen molar-refractivity contribution in [3.8, 4) is 0 Å². The van der Waals surface area contributed by atoms with Crippen molar-refractivity contribution in [2.75, 3.05) is 0 Å². The van der Waals surface area contributed by atoms with Crippen molar-refractivity contribution in [2.24, 2.45) is 11.1 Å². The number of thiophene rings is 1. The first-order valence-electron chi connectivity index (χ1n) is 3.91. The number of nitrogens with two attached hydrogens (primary N) is 1. The Labute approximate surface area is 82.5 Å². The Hall–Kier alpha value is -0.0500. The van der Waals surface area contributed by atoms with Gasteiger partial charge in [0.1, 0.15) is 0 Å². The second-order valence-corrected chi connectivity index (χ2v) is 5.33. The summed E-state index contributed by atoms with van der Waals surface area (Å²) < 4.78 is 0. The van der Waals surface area contributed by atoms with E-state index in [1.807, 2.05) is 11.4 Å². The molecule has 12 heavy (non-hydrogen) atoms. The van der Waals surface area contributed by atoms with Crippen molar-refractivity contribution in [1.29, 1.82) is 0 Å². The lowest BCUT2D eigenvalue weighted by Gasteiger charge is -2.26. The number of hydrogen-bond acceptors (Lipinski definition) is 2. The predicted octanol–water partition coefficient (Wildman–Crippen LogP) is 3.45. The molecule has 1 rings (SSSR count). The zero-order valence-electron chi connectivity index (χ0n) is 7.60. The molecule has 1 atom stereocenters. The van der Waals surface area contributed by atoms with Gasteiger partial charge in [-0.15, -0.1) is 11.3 Å². The van der Waals surface area contributed by atoms with Crippen molar-refractivity contribution in [2.45, 2.75) is 26.8 Å². The number of hydrogen-bond donors (Lipinski definition) is 1. The van der Waals surface area contributed by atoms with Crippen LogP contribution in [0.4, 0.5) is 0 Å². The van der Waals surface area contributed by atoms with Gasteiger partial charge >= 0.3 is 0 Å². The number of halogens is 1. The van der Waals surface area contributed by atoms with E-state index in [-0.39, 0.29) is 11.5 Å². The standard InChI is InChI=1S/C9H14ClNS/c1-9(2,3)8(11)7-6(10)4-5-12-7/h4-5,8H,11H2,1-3H3/t8-/m0/s1. The van der Waals surface area contributed by atoms with E-state index in [0.717, 1.165) is 9.90 Å². The second kappa shape index (κ2) is 3.36. The highest BCUT2D eigenvalue weighted by molar-refractivity contribution is 7.10. The summed E-state index contributed by atoms with van der Waals surface area (Å²) in [6, 6.07) is 1.93. The van der Waals surface area contributed by atoms with Gasteiger partial charge in [0, 0.05) is 10.9 Å². The monoisotopic (exact) mass is 203 g/mol. The van der Waals surface area contributed by atoms with Crippen LogP contribution in [0.1, 0.15) is 31.7 Å². The zero-order chi connectivity index (χ0) is 9.35. The molecule has 0 amide bonds. The third kappa shape index (κ3) is 2.00. The van der Waals surface area contributed by atoms with E-state index in [0.29, 0.717) is 0 Å². The highest BCUT2D eigenvalue weighted by Crippen LogP contribution is 2.37. The van der Waals surface area contributed by atoms with Crippen molar-refractivity contribution in [3.05, 3.63) is 21.3 Å². The average molecular weight is 204 g/mol. The maximum absolute atomic E-state index is 6.04. The zero-order valence-corrected chi connectivity index (χ0v) is 9.17. The lowest BCUT2D eigenvalue weighted by atomic mass is 9.86. The summed E-state index contributed by atoms with van der Waals surface area (Å²) in [5.74, 6) is 0. The minimum Gasteiger partial charge on any atom is -0.323 e. The molecule has 68 valence electrons. The largest absolute Gasteiger partial charge is 0.323 e. The molecule has 0 aliphatic heterocycles. The molecule has 1 heterocycles. The molecule has 3 heteroatoms. The predicted molar refractivity (Wildman–Crippen MR) is 55.7 cm³/mol. The quantitative estimate of drug-likeness (QED) is 0.744. The Bertz CT molecular complexity index is 262. The summed E-state index contributed by atoms with van der Waals surface area (Å²) in [7, 11) is 0. The van der Waals surface area contributed by atoms with E-state index in [9.17, 15) is 0 Å². The molecule has 0 aliphatic carbocycles. The first-order chi connectivity index (χ1) is 5.43. The Kier molecular flexibility index (Phi) is 2.81. The van der Waals surface area contributed by atoms with Crippen molar-refractivity contribution in [3.63, 3.8) is 0 Å². The highest BCUT2D eigenvalue weighted by atomic mass is 35.5. The topological polar surface area (TPSA) is 26.0 Å². The second-order valence-electron chi connectivity index (χ2n) is 3.98. The van der Waals surface area contributed by atoms with Crippen LogP contribution >= 0.6 is 22.9 Å². The lowest BCUT2D eigenvalue weighted by Crippen LogP contribution is -2.25. The van der Waals surface area contributed by atoms with Crippen LogP contribution in [-0.2, 0) is 0 Å². The molecule has 0 aromatic carbocycles. The summed E-state index contributed by atoms with van der Waals surface area (Å²) in [5, 5.41) is 2.77. The van der Waals surface area contributed by atoms with Gasteiger partial charge in [-0.05, 0) is 16.9 Å². The summed E-state index contributed by atoms with van der Waals surface area (Å²) >= 11 is 7.60. The van der Waals surface area contributed by atoms with Gasteiger partial charge in [0.15, 0.2) is 0 Å². The third-order valence-corrected chi connectivity index (χ3v) is 3.30. The van der Waals surface area contributed by atoms with Gasteiger partial charge in [0.2, 0.25) is 0 Å². The van der Waals surface area contributed by atoms with Gasteiger partial charge < -0.3 is 5.73 Å². The normalized spacial score (nSPS) is 14.8. The van der Waals surface area contributed by atoms with Crippen LogP contribution < -0.4 is 5.73 Å². The first-order valence-corrected chi connectivity index (χ1v) is 5.17. The summed E-state index contributed by atoms with van der Waals surface area (Å²) in [6.07, 6.45) is 0. The average Bonchev–Trinajstić information content (AvgIpc) is 2.31. The Morgan fingerprint density at radius 3 is 2.42 bits per heavy atom. The van der Waals surface area contributed by atoms with Crippen LogP contribution in [0.25, 0.3) is 0 Å². The van der Waals surface area contributed by atoms with Crippen LogP contribution in [0, 0.1) is 5.41 Å². The molecule has 0 saturated carbocycles. The van der Waals surface area contributed by atoms with E-state index in [2.05, 4.69) is 20.8 Å². The Morgan fingerprint density at radius 2 is 2.08 bits per heavy atom. The minimum absolute atomic E-state index is 0.0324. The molecule has 0 radical (unpaired) electrons. The van der Waals surface area contributed by atoms with Gasteiger partial charge in [-0.1, -0.05) is 32.4 Å². The lowest BCUT2D eigenvalue weighted by molar-refractivity contribution is 0.331. The molecular weight excluding hydrogens is 190 g/mol. The molecule has 1 nitrogen and oxygen atoms in total. The van der Waals surface area contributed by atoms with Gasteiger partial charge in [-0.2, -0.15) is 0 Å². The molecule has 0 bridgehead atoms. The van der Waals surface area contributed by atoms with Gasteiger partial charge in [-0.3, -0.25) is 0 Å². The van der Waals surface area contributed by atoms with E-state index in [4.69, 9.17) is 17.3 Å². The van der Waals surface area contributed by atoms with Gasteiger partial charge in [-0.25, -0.2) is 0 Å². The summed E-state index contributed by atoms with van der Waals surface area (Å²) in [6.45, 7) is 6.36. The van der Waals surface area contributed by atoms with Crippen LogP contribution in [0.5, 0.6) is 0 Å². The molecule has 0 fully saturated rings. The van der Waals surface area contributed by atoms with Crippen LogP contribution in [0.2, 0.25) is 5.02 Å². The summed E-state index contributed by atoms with van der Waals surface area (Å²) in [4.78, 5) is 1.09. The minimum atomic E-state index is 0.0324. The fraction of sp³-hybridized carbons (Fsp3) is 0.556. The molecule has 0 spiro atoms. The van der Waals surface area contributed by atoms with E-state index < -0.39 is 0 Å². The highest BCUT2D eigenvalue weighted by Gasteiger charge is 2.24. The fourth-order valence-electron chi connectivity index (χ4n) is 0.921. The molecule has 2 N–H and O–H groups in total. The molecule has 1 aromatic heterocycles. The first kappa shape index (κ1) is 10.0. The SMILES string of the molecule is CC(C)(C)[C@@H](N)c1sccc1Cl. The van der Waals surface area contributed by atoms with Crippen LogP contribution in [-0.4, -0.2) is 0 Å². The summed E-state index contributed by atoms with van der Waals surface area (Å²) in [5.41, 5.74) is 6.12. The van der Waals surface area contributed by atoms with Crippen molar-refractivity contribution in [1.82, 2.24) is 0 Å². The van der Waals surface area contributed by atoms with Gasteiger partial charge in [0.25, 0.3) is 0 Å². The maximum atomic E-state index is 6.04. The third-order valence-electron chi connectivity index (χ3n) is 1.86. The molecule has 0 aliphatic rings. The Morgan fingerprint density at radius 1 is 1.50 bits per heavy atom. The van der Waals surface area contributed by atoms with E-state index >= 15 is 0 Å². The van der Waals surface area contributed by atoms with Crippen LogP contribution in [0.15, 0.2) is 11.4 Å². The van der Waals surface area contributed by atoms with Crippen molar-refractivity contribution < 1.29 is 0 Å². The van der Waals surface area contributed by atoms with E-state index in [1.165, 1.54) is 0 Å². The molecular formula is C9H14ClNS. The fourth-order valence-corrected chi connectivity index (χ4v) is 2.34. The maximum Gasteiger partial charge on any atom is 0.0561 e. The smallest absolute Gasteiger partial charge is 0.0561 e. The molecule has 1 aromatic rings. The Balaban J connectivity index is 2.92. The molecule has 0 unspecified atom stereocenters. The number of rotatable bonds is 1.